The lowest BCUT2D eigenvalue weighted by Crippen LogP contribution is -2.49. The van der Waals surface area contributed by atoms with Crippen molar-refractivity contribution in [2.45, 2.75) is 49.6 Å². The smallest absolute Gasteiger partial charge is 0.0210 e. The summed E-state index contributed by atoms with van der Waals surface area (Å²) >= 11 is 1.80. The Kier molecular flexibility index (Phi) is 3.93. The summed E-state index contributed by atoms with van der Waals surface area (Å²) in [5, 5.41) is 3.73. The van der Waals surface area contributed by atoms with Crippen LogP contribution in [0.1, 0.15) is 38.2 Å². The fourth-order valence-electron chi connectivity index (χ4n) is 2.29. The van der Waals surface area contributed by atoms with E-state index in [1.54, 1.807) is 11.8 Å². The number of benzene rings is 1. The third-order valence-electron chi connectivity index (χ3n) is 3.81. The predicted molar refractivity (Wildman–Crippen MR) is 71.9 cm³/mol. The van der Waals surface area contributed by atoms with Crippen LogP contribution in [-0.2, 0) is 6.54 Å². The van der Waals surface area contributed by atoms with Crippen molar-refractivity contribution in [2.75, 3.05) is 6.26 Å². The monoisotopic (exact) mass is 235 g/mol. The van der Waals surface area contributed by atoms with Gasteiger partial charge in [0.1, 0.15) is 0 Å². The molecule has 1 aliphatic rings. The number of hydrogen-bond acceptors (Lipinski definition) is 2. The van der Waals surface area contributed by atoms with Crippen LogP contribution in [0.4, 0.5) is 0 Å². The van der Waals surface area contributed by atoms with Gasteiger partial charge in [-0.1, -0.05) is 19.1 Å². The van der Waals surface area contributed by atoms with Crippen molar-refractivity contribution in [1.29, 1.82) is 0 Å². The number of hydrogen-bond donors (Lipinski definition) is 1. The van der Waals surface area contributed by atoms with E-state index in [4.69, 9.17) is 0 Å². The molecular weight excluding hydrogens is 214 g/mol. The summed E-state index contributed by atoms with van der Waals surface area (Å²) in [6.07, 6.45) is 7.48. The largest absolute Gasteiger partial charge is 0.307 e. The van der Waals surface area contributed by atoms with Crippen molar-refractivity contribution in [2.24, 2.45) is 0 Å². The van der Waals surface area contributed by atoms with Gasteiger partial charge in [0.15, 0.2) is 0 Å². The second kappa shape index (κ2) is 5.24. The van der Waals surface area contributed by atoms with Gasteiger partial charge in [0.05, 0.1) is 0 Å². The van der Waals surface area contributed by atoms with Crippen molar-refractivity contribution in [3.63, 3.8) is 0 Å². The Hall–Kier alpha value is -0.470. The molecule has 1 saturated carbocycles. The Labute approximate surface area is 103 Å². The maximum absolute atomic E-state index is 3.73. The van der Waals surface area contributed by atoms with Crippen LogP contribution in [-0.4, -0.2) is 11.8 Å². The summed E-state index contributed by atoms with van der Waals surface area (Å²) in [4.78, 5) is 1.34. The van der Waals surface area contributed by atoms with Gasteiger partial charge in [-0.3, -0.25) is 0 Å². The van der Waals surface area contributed by atoms with Gasteiger partial charge >= 0.3 is 0 Å². The fraction of sp³-hybridized carbons (Fsp3) is 0.571. The predicted octanol–water partition coefficient (Wildman–Crippen LogP) is 3.83. The van der Waals surface area contributed by atoms with Gasteiger partial charge < -0.3 is 5.32 Å². The first-order valence-electron chi connectivity index (χ1n) is 6.16. The molecule has 0 spiro atoms. The van der Waals surface area contributed by atoms with Crippen LogP contribution in [0.3, 0.4) is 0 Å². The molecule has 0 atom stereocenters. The molecule has 1 N–H and O–H groups in total. The van der Waals surface area contributed by atoms with Crippen molar-refractivity contribution in [3.8, 4) is 0 Å². The molecule has 0 aliphatic heterocycles. The minimum absolute atomic E-state index is 0.457. The minimum atomic E-state index is 0.457. The molecule has 0 saturated heterocycles. The highest BCUT2D eigenvalue weighted by atomic mass is 32.2. The van der Waals surface area contributed by atoms with Gasteiger partial charge in [0.2, 0.25) is 0 Å². The van der Waals surface area contributed by atoms with Crippen molar-refractivity contribution < 1.29 is 0 Å². The summed E-state index contributed by atoms with van der Waals surface area (Å²) in [6.45, 7) is 3.31. The Morgan fingerprint density at radius 2 is 1.94 bits per heavy atom. The lowest BCUT2D eigenvalue weighted by Gasteiger charge is -2.42. The summed E-state index contributed by atoms with van der Waals surface area (Å²) in [7, 11) is 0. The fourth-order valence-corrected chi connectivity index (χ4v) is 2.70. The van der Waals surface area contributed by atoms with Crippen LogP contribution in [0.5, 0.6) is 0 Å². The molecular formula is C14H21NS. The zero-order valence-corrected chi connectivity index (χ0v) is 11.1. The van der Waals surface area contributed by atoms with Gasteiger partial charge in [-0.15, -0.1) is 11.8 Å². The molecule has 0 aromatic heterocycles. The second-order valence-corrected chi connectivity index (χ2v) is 5.57. The highest BCUT2D eigenvalue weighted by Crippen LogP contribution is 2.34. The Bertz CT molecular complexity index is 322. The van der Waals surface area contributed by atoms with Crippen molar-refractivity contribution in [3.05, 3.63) is 29.8 Å². The maximum atomic E-state index is 3.73. The van der Waals surface area contributed by atoms with Crippen LogP contribution in [0, 0.1) is 0 Å². The molecule has 1 nitrogen and oxygen atoms in total. The first kappa shape index (κ1) is 12.0. The van der Waals surface area contributed by atoms with E-state index in [9.17, 15) is 0 Å². The summed E-state index contributed by atoms with van der Waals surface area (Å²) in [5.74, 6) is 0. The quantitative estimate of drug-likeness (QED) is 0.778. The SMILES string of the molecule is CCC1(NCc2ccc(SC)cc2)CCC1. The third-order valence-corrected chi connectivity index (χ3v) is 4.56. The van der Waals surface area contributed by atoms with Gasteiger partial charge in [0, 0.05) is 17.0 Å². The highest BCUT2D eigenvalue weighted by Gasteiger charge is 2.33. The number of rotatable bonds is 5. The van der Waals surface area contributed by atoms with Crippen LogP contribution >= 0.6 is 11.8 Å². The molecule has 2 heteroatoms. The molecule has 0 bridgehead atoms. The van der Waals surface area contributed by atoms with Gasteiger partial charge in [-0.2, -0.15) is 0 Å². The lowest BCUT2D eigenvalue weighted by molar-refractivity contribution is 0.175. The minimum Gasteiger partial charge on any atom is -0.307 e. The molecule has 0 radical (unpaired) electrons. The van der Waals surface area contributed by atoms with E-state index in [-0.39, 0.29) is 0 Å². The molecule has 88 valence electrons. The van der Waals surface area contributed by atoms with E-state index < -0.39 is 0 Å². The van der Waals surface area contributed by atoms with E-state index in [2.05, 4.69) is 42.8 Å². The standard InChI is InChI=1S/C14H21NS/c1-3-14(9-4-10-14)15-11-12-5-7-13(16-2)8-6-12/h5-8,15H,3-4,9-11H2,1-2H3. The van der Waals surface area contributed by atoms with Gasteiger partial charge in [-0.25, -0.2) is 0 Å². The maximum Gasteiger partial charge on any atom is 0.0210 e. The normalized spacial score (nSPS) is 18.1. The molecule has 1 aromatic carbocycles. The van der Waals surface area contributed by atoms with Gasteiger partial charge in [-0.05, 0) is 49.6 Å². The lowest BCUT2D eigenvalue weighted by atomic mass is 9.75. The molecule has 1 aromatic rings. The van der Waals surface area contributed by atoms with Crippen LogP contribution in [0.25, 0.3) is 0 Å². The van der Waals surface area contributed by atoms with E-state index in [0.717, 1.165) is 6.54 Å². The Morgan fingerprint density at radius 3 is 2.38 bits per heavy atom. The molecule has 0 heterocycles. The topological polar surface area (TPSA) is 12.0 Å². The zero-order valence-electron chi connectivity index (χ0n) is 10.3. The van der Waals surface area contributed by atoms with E-state index in [1.165, 1.54) is 36.1 Å². The van der Waals surface area contributed by atoms with E-state index in [1.807, 2.05) is 0 Å². The first-order valence-corrected chi connectivity index (χ1v) is 7.38. The average Bonchev–Trinajstić information content (AvgIpc) is 2.29. The molecule has 1 aliphatic carbocycles. The molecule has 0 unspecified atom stereocenters. The van der Waals surface area contributed by atoms with Crippen LogP contribution in [0.15, 0.2) is 29.2 Å². The Balaban J connectivity index is 1.89. The zero-order chi connectivity index (χ0) is 11.4. The average molecular weight is 235 g/mol. The first-order chi connectivity index (χ1) is 7.78. The third kappa shape index (κ3) is 2.61. The summed E-state index contributed by atoms with van der Waals surface area (Å²) < 4.78 is 0. The molecule has 0 amide bonds. The number of nitrogens with one attached hydrogen (secondary N) is 1. The van der Waals surface area contributed by atoms with Gasteiger partial charge in [0.25, 0.3) is 0 Å². The molecule has 1 fully saturated rings. The number of thioether (sulfide) groups is 1. The summed E-state index contributed by atoms with van der Waals surface area (Å²) in [5.41, 5.74) is 1.86. The van der Waals surface area contributed by atoms with Crippen molar-refractivity contribution in [1.82, 2.24) is 5.32 Å². The van der Waals surface area contributed by atoms with E-state index >= 15 is 0 Å². The van der Waals surface area contributed by atoms with Crippen molar-refractivity contribution >= 4 is 11.8 Å². The highest BCUT2D eigenvalue weighted by molar-refractivity contribution is 7.98. The van der Waals surface area contributed by atoms with Crippen LogP contribution in [0.2, 0.25) is 0 Å². The Morgan fingerprint density at radius 1 is 1.25 bits per heavy atom. The molecule has 2 rings (SSSR count). The summed E-state index contributed by atoms with van der Waals surface area (Å²) in [6, 6.07) is 8.89. The van der Waals surface area contributed by atoms with E-state index in [0.29, 0.717) is 5.54 Å². The second-order valence-electron chi connectivity index (χ2n) is 4.69. The molecule has 16 heavy (non-hydrogen) atoms. The van der Waals surface area contributed by atoms with Crippen LogP contribution < -0.4 is 5.32 Å².